The number of ketones is 1. The van der Waals surface area contributed by atoms with E-state index in [1.807, 2.05) is 48.5 Å². The second kappa shape index (κ2) is 7.44. The van der Waals surface area contributed by atoms with Crippen molar-refractivity contribution in [2.24, 2.45) is 0 Å². The molecule has 0 bridgehead atoms. The standard InChI is InChI=1S/C19H20O/c1-2-3-10-18(16-11-6-4-7-12-16)15-19(20)17-13-8-5-9-14-17/h4-9,11-15H,2-3,10H2,1H3/b18-15+. The highest BCUT2D eigenvalue weighted by Gasteiger charge is 2.06. The molecule has 0 saturated carbocycles. The van der Waals surface area contributed by atoms with Gasteiger partial charge < -0.3 is 0 Å². The minimum Gasteiger partial charge on any atom is -0.289 e. The highest BCUT2D eigenvalue weighted by atomic mass is 16.1. The molecule has 0 aliphatic rings. The zero-order chi connectivity index (χ0) is 14.2. The van der Waals surface area contributed by atoms with Crippen molar-refractivity contribution in [1.82, 2.24) is 0 Å². The Morgan fingerprint density at radius 1 is 0.900 bits per heavy atom. The van der Waals surface area contributed by atoms with Gasteiger partial charge in [0.15, 0.2) is 5.78 Å². The lowest BCUT2D eigenvalue weighted by molar-refractivity contribution is 0.104. The van der Waals surface area contributed by atoms with Gasteiger partial charge in [0.1, 0.15) is 0 Å². The molecule has 2 aromatic rings. The Morgan fingerprint density at radius 2 is 1.45 bits per heavy atom. The van der Waals surface area contributed by atoms with E-state index >= 15 is 0 Å². The number of rotatable bonds is 6. The smallest absolute Gasteiger partial charge is 0.186 e. The third kappa shape index (κ3) is 3.92. The van der Waals surface area contributed by atoms with Crippen LogP contribution in [0.25, 0.3) is 5.57 Å². The summed E-state index contributed by atoms with van der Waals surface area (Å²) in [6.07, 6.45) is 4.96. The summed E-state index contributed by atoms with van der Waals surface area (Å²) < 4.78 is 0. The normalized spacial score (nSPS) is 11.3. The van der Waals surface area contributed by atoms with E-state index in [4.69, 9.17) is 0 Å². The summed E-state index contributed by atoms with van der Waals surface area (Å²) in [4.78, 5) is 12.3. The molecular weight excluding hydrogens is 244 g/mol. The SMILES string of the molecule is CCCC/C(=C\C(=O)c1ccccc1)c1ccccc1. The molecule has 0 atom stereocenters. The number of unbranched alkanes of at least 4 members (excludes halogenated alkanes) is 1. The molecular formula is C19H20O. The number of carbonyl (C=O) groups excluding carboxylic acids is 1. The van der Waals surface area contributed by atoms with Crippen LogP contribution in [0.1, 0.15) is 42.1 Å². The maximum absolute atomic E-state index is 12.3. The lowest BCUT2D eigenvalue weighted by atomic mass is 9.97. The summed E-state index contributed by atoms with van der Waals surface area (Å²) in [5.74, 6) is 0.0838. The van der Waals surface area contributed by atoms with Crippen LogP contribution in [0, 0.1) is 0 Å². The van der Waals surface area contributed by atoms with E-state index in [9.17, 15) is 4.79 Å². The van der Waals surface area contributed by atoms with Gasteiger partial charge in [0, 0.05) is 5.56 Å². The van der Waals surface area contributed by atoms with Crippen LogP contribution >= 0.6 is 0 Å². The third-order valence-electron chi connectivity index (χ3n) is 3.31. The predicted octanol–water partition coefficient (Wildman–Crippen LogP) is 5.14. The Labute approximate surface area is 121 Å². The molecule has 0 N–H and O–H groups in total. The maximum Gasteiger partial charge on any atom is 0.186 e. The molecule has 2 aromatic carbocycles. The number of carbonyl (C=O) groups is 1. The molecule has 1 nitrogen and oxygen atoms in total. The van der Waals surface area contributed by atoms with Gasteiger partial charge >= 0.3 is 0 Å². The van der Waals surface area contributed by atoms with Crippen molar-refractivity contribution in [3.8, 4) is 0 Å². The van der Waals surface area contributed by atoms with Crippen molar-refractivity contribution in [3.05, 3.63) is 77.9 Å². The fourth-order valence-electron chi connectivity index (χ4n) is 2.16. The molecule has 2 rings (SSSR count). The fraction of sp³-hybridized carbons (Fsp3) is 0.211. The van der Waals surface area contributed by atoms with Gasteiger partial charge in [0.25, 0.3) is 0 Å². The van der Waals surface area contributed by atoms with E-state index < -0.39 is 0 Å². The molecule has 102 valence electrons. The summed E-state index contributed by atoms with van der Waals surface area (Å²) in [5, 5.41) is 0. The van der Waals surface area contributed by atoms with Crippen molar-refractivity contribution in [1.29, 1.82) is 0 Å². The van der Waals surface area contributed by atoms with E-state index in [0.717, 1.165) is 36.0 Å². The molecule has 0 aliphatic heterocycles. The van der Waals surface area contributed by atoms with Gasteiger partial charge in [-0.15, -0.1) is 0 Å². The Morgan fingerprint density at radius 3 is 2.00 bits per heavy atom. The summed E-state index contributed by atoms with van der Waals surface area (Å²) in [7, 11) is 0. The first-order valence-electron chi connectivity index (χ1n) is 7.16. The molecule has 0 fully saturated rings. The molecule has 0 unspecified atom stereocenters. The van der Waals surface area contributed by atoms with Crippen LogP contribution in [0.5, 0.6) is 0 Å². The van der Waals surface area contributed by atoms with Gasteiger partial charge in [-0.1, -0.05) is 74.0 Å². The van der Waals surface area contributed by atoms with Gasteiger partial charge in [0.05, 0.1) is 0 Å². The average Bonchev–Trinajstić information content (AvgIpc) is 2.53. The molecule has 0 aliphatic carbocycles. The quantitative estimate of drug-likeness (QED) is 0.521. The first-order chi connectivity index (χ1) is 9.81. The van der Waals surface area contributed by atoms with Crippen LogP contribution in [0.15, 0.2) is 66.7 Å². The van der Waals surface area contributed by atoms with E-state index in [1.54, 1.807) is 6.08 Å². The fourth-order valence-corrected chi connectivity index (χ4v) is 2.16. The molecule has 0 radical (unpaired) electrons. The van der Waals surface area contributed by atoms with Gasteiger partial charge in [-0.25, -0.2) is 0 Å². The van der Waals surface area contributed by atoms with Crippen LogP contribution in [-0.4, -0.2) is 5.78 Å². The topological polar surface area (TPSA) is 17.1 Å². The Bertz CT molecular complexity index is 567. The lowest BCUT2D eigenvalue weighted by Crippen LogP contribution is -1.96. The maximum atomic E-state index is 12.3. The summed E-state index contributed by atoms with van der Waals surface area (Å²) in [5.41, 5.74) is 3.02. The van der Waals surface area contributed by atoms with Gasteiger partial charge in [-0.2, -0.15) is 0 Å². The van der Waals surface area contributed by atoms with Crippen LogP contribution in [-0.2, 0) is 0 Å². The molecule has 0 heterocycles. The molecule has 20 heavy (non-hydrogen) atoms. The second-order valence-electron chi connectivity index (χ2n) is 4.87. The van der Waals surface area contributed by atoms with E-state index in [0.29, 0.717) is 0 Å². The van der Waals surface area contributed by atoms with Crippen LogP contribution in [0.4, 0.5) is 0 Å². The number of hydrogen-bond acceptors (Lipinski definition) is 1. The largest absolute Gasteiger partial charge is 0.289 e. The molecule has 1 heteroatoms. The van der Waals surface area contributed by atoms with Crippen LogP contribution < -0.4 is 0 Å². The summed E-state index contributed by atoms with van der Waals surface area (Å²) in [6.45, 7) is 2.17. The Hall–Kier alpha value is -2.15. The van der Waals surface area contributed by atoms with Gasteiger partial charge in [0.2, 0.25) is 0 Å². The van der Waals surface area contributed by atoms with Crippen molar-refractivity contribution in [3.63, 3.8) is 0 Å². The number of allylic oxidation sites excluding steroid dienone is 2. The molecule has 0 aromatic heterocycles. The Kier molecular flexibility index (Phi) is 5.31. The predicted molar refractivity (Wildman–Crippen MR) is 84.7 cm³/mol. The number of benzene rings is 2. The third-order valence-corrected chi connectivity index (χ3v) is 3.31. The van der Waals surface area contributed by atoms with Crippen molar-refractivity contribution in [2.45, 2.75) is 26.2 Å². The minimum absolute atomic E-state index is 0.0838. The second-order valence-corrected chi connectivity index (χ2v) is 4.87. The van der Waals surface area contributed by atoms with E-state index in [2.05, 4.69) is 19.1 Å². The highest BCUT2D eigenvalue weighted by Crippen LogP contribution is 2.21. The molecule has 0 saturated heterocycles. The van der Waals surface area contributed by atoms with E-state index in [-0.39, 0.29) is 5.78 Å². The van der Waals surface area contributed by atoms with Crippen molar-refractivity contribution in [2.75, 3.05) is 0 Å². The van der Waals surface area contributed by atoms with Gasteiger partial charge in [-0.3, -0.25) is 4.79 Å². The van der Waals surface area contributed by atoms with Crippen molar-refractivity contribution >= 4 is 11.4 Å². The Balaban J connectivity index is 2.27. The number of hydrogen-bond donors (Lipinski definition) is 0. The van der Waals surface area contributed by atoms with Crippen LogP contribution in [0.2, 0.25) is 0 Å². The van der Waals surface area contributed by atoms with Crippen LogP contribution in [0.3, 0.4) is 0 Å². The van der Waals surface area contributed by atoms with Crippen molar-refractivity contribution < 1.29 is 4.79 Å². The van der Waals surface area contributed by atoms with E-state index in [1.165, 1.54) is 0 Å². The molecule has 0 spiro atoms. The first-order valence-corrected chi connectivity index (χ1v) is 7.16. The first kappa shape index (κ1) is 14.3. The zero-order valence-electron chi connectivity index (χ0n) is 11.9. The lowest BCUT2D eigenvalue weighted by Gasteiger charge is -2.07. The molecule has 0 amide bonds. The summed E-state index contributed by atoms with van der Waals surface area (Å²) >= 11 is 0. The minimum atomic E-state index is 0.0838. The zero-order valence-corrected chi connectivity index (χ0v) is 11.9. The monoisotopic (exact) mass is 264 g/mol. The average molecular weight is 264 g/mol. The van der Waals surface area contributed by atoms with Gasteiger partial charge in [-0.05, 0) is 30.1 Å². The summed E-state index contributed by atoms with van der Waals surface area (Å²) in [6, 6.07) is 19.6. The highest BCUT2D eigenvalue weighted by molar-refractivity contribution is 6.08.